The van der Waals surface area contributed by atoms with Gasteiger partial charge in [-0.2, -0.15) is 8.78 Å². The summed E-state index contributed by atoms with van der Waals surface area (Å²) in [5.41, 5.74) is -0.672. The third kappa shape index (κ3) is 3.86. The highest BCUT2D eigenvalue weighted by Gasteiger charge is 2.26. The number of nitro groups is 1. The maximum absolute atomic E-state index is 12.3. The van der Waals surface area contributed by atoms with Gasteiger partial charge < -0.3 is 9.47 Å². The summed E-state index contributed by atoms with van der Waals surface area (Å²) < 4.78 is 33.5. The topological polar surface area (TPSA) is 78.7 Å². The quantitative estimate of drug-likeness (QED) is 0.339. The van der Waals surface area contributed by atoms with Crippen LogP contribution in [-0.2, 0) is 10.1 Å². The Bertz CT molecular complexity index is 524. The maximum Gasteiger partial charge on any atom is 0.387 e. The van der Waals surface area contributed by atoms with E-state index in [-0.39, 0.29) is 23.1 Å². The molecule has 1 rings (SSSR count). The van der Waals surface area contributed by atoms with E-state index in [4.69, 9.17) is 4.74 Å². The first-order valence-corrected chi connectivity index (χ1v) is 6.52. The van der Waals surface area contributed by atoms with Crippen molar-refractivity contribution in [3.63, 3.8) is 0 Å². The van der Waals surface area contributed by atoms with Gasteiger partial charge in [0, 0.05) is 17.0 Å². The number of esters is 1. The van der Waals surface area contributed by atoms with Crippen molar-refractivity contribution in [3.05, 3.63) is 33.4 Å². The molecule has 0 aliphatic heterocycles. The summed E-state index contributed by atoms with van der Waals surface area (Å²) in [6.45, 7) is -1.58. The zero-order valence-electron chi connectivity index (χ0n) is 10.3. The normalized spacial score (nSPS) is 10.4. The Labute approximate surface area is 120 Å². The van der Waals surface area contributed by atoms with Crippen LogP contribution in [0.2, 0.25) is 0 Å². The van der Waals surface area contributed by atoms with Gasteiger partial charge in [0.15, 0.2) is 0 Å². The molecule has 6 nitrogen and oxygen atoms in total. The van der Waals surface area contributed by atoms with Gasteiger partial charge in [0.05, 0.1) is 17.1 Å². The molecule has 0 heterocycles. The Hall–Kier alpha value is -1.77. The van der Waals surface area contributed by atoms with E-state index in [9.17, 15) is 23.7 Å². The van der Waals surface area contributed by atoms with Crippen molar-refractivity contribution >= 4 is 27.6 Å². The first-order chi connectivity index (χ1) is 9.40. The number of carbonyl (C=O) groups is 1. The van der Waals surface area contributed by atoms with Crippen LogP contribution in [0.15, 0.2) is 12.1 Å². The molecular formula is C11H10BrF2NO5. The SMILES string of the molecule is CCOC(=O)c1cc(CBr)c([N+](=O)[O-])c(OC(F)F)c1. The lowest BCUT2D eigenvalue weighted by atomic mass is 10.1. The number of rotatable bonds is 6. The molecule has 0 spiro atoms. The smallest absolute Gasteiger partial charge is 0.387 e. The largest absolute Gasteiger partial charge is 0.462 e. The molecule has 9 heteroatoms. The number of nitrogens with zero attached hydrogens (tertiary/aromatic N) is 1. The molecule has 0 radical (unpaired) electrons. The minimum atomic E-state index is -3.24. The van der Waals surface area contributed by atoms with E-state index >= 15 is 0 Å². The molecule has 0 atom stereocenters. The lowest BCUT2D eigenvalue weighted by Crippen LogP contribution is -2.10. The standard InChI is InChI=1S/C11H10BrF2NO5/c1-2-19-10(16)6-3-7(5-12)9(15(17)18)8(4-6)20-11(13)14/h3-4,11H,2,5H2,1H3. The molecule has 110 valence electrons. The lowest BCUT2D eigenvalue weighted by Gasteiger charge is -2.10. The first-order valence-electron chi connectivity index (χ1n) is 5.39. The van der Waals surface area contributed by atoms with Gasteiger partial charge >= 0.3 is 18.3 Å². The van der Waals surface area contributed by atoms with Gasteiger partial charge in [0.25, 0.3) is 0 Å². The fourth-order valence-electron chi connectivity index (χ4n) is 1.49. The van der Waals surface area contributed by atoms with Gasteiger partial charge in [-0.05, 0) is 13.0 Å². The molecule has 0 unspecified atom stereocenters. The molecule has 0 N–H and O–H groups in total. The highest BCUT2D eigenvalue weighted by molar-refractivity contribution is 9.08. The van der Waals surface area contributed by atoms with Crippen LogP contribution in [-0.4, -0.2) is 24.1 Å². The second kappa shape index (κ2) is 7.13. The number of alkyl halides is 3. The molecule has 0 aliphatic rings. The number of hydrogen-bond acceptors (Lipinski definition) is 5. The second-order valence-electron chi connectivity index (χ2n) is 3.47. The van der Waals surface area contributed by atoms with Gasteiger partial charge in [-0.3, -0.25) is 10.1 Å². The molecule has 20 heavy (non-hydrogen) atoms. The van der Waals surface area contributed by atoms with Gasteiger partial charge in [-0.1, -0.05) is 15.9 Å². The predicted octanol–water partition coefficient (Wildman–Crippen LogP) is 3.27. The van der Waals surface area contributed by atoms with Crippen molar-refractivity contribution in [1.29, 1.82) is 0 Å². The number of hydrogen-bond donors (Lipinski definition) is 0. The van der Waals surface area contributed by atoms with E-state index in [2.05, 4.69) is 20.7 Å². The number of ether oxygens (including phenoxy) is 2. The second-order valence-corrected chi connectivity index (χ2v) is 4.03. The number of benzene rings is 1. The molecule has 0 aliphatic carbocycles. The zero-order chi connectivity index (χ0) is 15.3. The van der Waals surface area contributed by atoms with Crippen LogP contribution in [0.1, 0.15) is 22.8 Å². The molecule has 0 fully saturated rings. The van der Waals surface area contributed by atoms with Gasteiger partial charge in [-0.25, -0.2) is 4.79 Å². The highest BCUT2D eigenvalue weighted by Crippen LogP contribution is 2.35. The summed E-state index contributed by atoms with van der Waals surface area (Å²) >= 11 is 3.00. The van der Waals surface area contributed by atoms with Crippen LogP contribution in [0, 0.1) is 10.1 Å². The van der Waals surface area contributed by atoms with E-state index in [1.165, 1.54) is 6.07 Å². The van der Waals surface area contributed by atoms with Crippen molar-refractivity contribution in [1.82, 2.24) is 0 Å². The maximum atomic E-state index is 12.3. The number of halogens is 3. The Balaban J connectivity index is 3.38. The molecule has 0 saturated heterocycles. The van der Waals surface area contributed by atoms with E-state index in [0.29, 0.717) is 0 Å². The fraction of sp³-hybridized carbons (Fsp3) is 0.364. The van der Waals surface area contributed by atoms with Crippen molar-refractivity contribution in [2.45, 2.75) is 18.9 Å². The molecule has 0 bridgehead atoms. The van der Waals surface area contributed by atoms with E-state index in [1.54, 1.807) is 6.92 Å². The van der Waals surface area contributed by atoms with Crippen molar-refractivity contribution in [2.24, 2.45) is 0 Å². The Morgan fingerprint density at radius 2 is 2.15 bits per heavy atom. The van der Waals surface area contributed by atoms with Gasteiger partial charge in [-0.15, -0.1) is 0 Å². The summed E-state index contributed by atoms with van der Waals surface area (Å²) in [6.07, 6.45) is 0. The van der Waals surface area contributed by atoms with Gasteiger partial charge in [0.1, 0.15) is 0 Å². The Morgan fingerprint density at radius 1 is 1.50 bits per heavy atom. The predicted molar refractivity (Wildman–Crippen MR) is 68.3 cm³/mol. The van der Waals surface area contributed by atoms with Crippen molar-refractivity contribution in [2.75, 3.05) is 6.61 Å². The highest BCUT2D eigenvalue weighted by atomic mass is 79.9. The van der Waals surface area contributed by atoms with Crippen LogP contribution in [0.25, 0.3) is 0 Å². The number of carbonyl (C=O) groups excluding carboxylic acids is 1. The van der Waals surface area contributed by atoms with Crippen LogP contribution >= 0.6 is 15.9 Å². The summed E-state index contributed by atoms with van der Waals surface area (Å²) in [5.74, 6) is -1.45. The summed E-state index contributed by atoms with van der Waals surface area (Å²) in [4.78, 5) is 21.7. The third-order valence-electron chi connectivity index (χ3n) is 2.21. The van der Waals surface area contributed by atoms with Crippen molar-refractivity contribution < 1.29 is 28.0 Å². The molecule has 1 aromatic carbocycles. The summed E-state index contributed by atoms with van der Waals surface area (Å²) in [6, 6.07) is 2.07. The van der Waals surface area contributed by atoms with E-state index < -0.39 is 28.9 Å². The molecule has 0 saturated carbocycles. The van der Waals surface area contributed by atoms with Crippen LogP contribution in [0.5, 0.6) is 5.75 Å². The Morgan fingerprint density at radius 3 is 2.60 bits per heavy atom. The van der Waals surface area contributed by atoms with E-state index in [0.717, 1.165) is 6.07 Å². The minimum absolute atomic E-state index is 0.00381. The van der Waals surface area contributed by atoms with E-state index in [1.807, 2.05) is 0 Å². The van der Waals surface area contributed by atoms with Crippen LogP contribution < -0.4 is 4.74 Å². The average Bonchev–Trinajstić information content (AvgIpc) is 2.36. The van der Waals surface area contributed by atoms with Crippen molar-refractivity contribution in [3.8, 4) is 5.75 Å². The summed E-state index contributed by atoms with van der Waals surface area (Å²) in [5, 5.41) is 10.9. The fourth-order valence-corrected chi connectivity index (χ4v) is 1.92. The third-order valence-corrected chi connectivity index (χ3v) is 2.81. The lowest BCUT2D eigenvalue weighted by molar-refractivity contribution is -0.387. The Kier molecular flexibility index (Phi) is 5.81. The van der Waals surface area contributed by atoms with Crippen LogP contribution in [0.4, 0.5) is 14.5 Å². The number of nitro benzene ring substituents is 1. The molecular weight excluding hydrogens is 344 g/mol. The molecule has 1 aromatic rings. The minimum Gasteiger partial charge on any atom is -0.462 e. The zero-order valence-corrected chi connectivity index (χ0v) is 11.9. The van der Waals surface area contributed by atoms with Gasteiger partial charge in [0.2, 0.25) is 5.75 Å². The first kappa shape index (κ1) is 16.3. The van der Waals surface area contributed by atoms with Crippen LogP contribution in [0.3, 0.4) is 0 Å². The molecule has 0 aromatic heterocycles. The summed E-state index contributed by atoms with van der Waals surface area (Å²) in [7, 11) is 0. The monoisotopic (exact) mass is 353 g/mol. The average molecular weight is 354 g/mol. The molecule has 0 amide bonds.